The van der Waals surface area contributed by atoms with E-state index in [9.17, 15) is 18.0 Å². The maximum atomic E-state index is 13.4. The number of alkyl halides is 3. The van der Waals surface area contributed by atoms with Crippen molar-refractivity contribution < 1.29 is 13.2 Å². The summed E-state index contributed by atoms with van der Waals surface area (Å²) in [5, 5.41) is 5.96. The minimum absolute atomic E-state index is 0.00886. The average molecular weight is 418 g/mol. The van der Waals surface area contributed by atoms with Gasteiger partial charge in [-0.05, 0) is 31.0 Å². The summed E-state index contributed by atoms with van der Waals surface area (Å²) in [6.45, 7) is 0. The van der Waals surface area contributed by atoms with Crippen LogP contribution in [0.25, 0.3) is 10.9 Å². The number of pyridine rings is 1. The third kappa shape index (κ3) is 4.09. The van der Waals surface area contributed by atoms with Crippen LogP contribution in [0.3, 0.4) is 0 Å². The van der Waals surface area contributed by atoms with Crippen LogP contribution in [-0.4, -0.2) is 27.0 Å². The van der Waals surface area contributed by atoms with E-state index >= 15 is 0 Å². The molecule has 0 spiro atoms. The molecule has 0 radical (unpaired) electrons. The zero-order valence-corrected chi connectivity index (χ0v) is 16.0. The number of aromatic nitrogens is 3. The summed E-state index contributed by atoms with van der Waals surface area (Å²) < 4.78 is 40.2. The number of H-pyrrole nitrogens is 1. The Morgan fingerprint density at radius 1 is 1.10 bits per heavy atom. The Morgan fingerprint density at radius 3 is 2.63 bits per heavy atom. The fraction of sp³-hybridized carbons (Fsp3) is 0.350. The first-order chi connectivity index (χ1) is 14.3. The molecule has 30 heavy (non-hydrogen) atoms. The number of hydrogen-bond donors (Lipinski definition) is 4. The van der Waals surface area contributed by atoms with E-state index in [1.54, 1.807) is 6.07 Å². The predicted octanol–water partition coefficient (Wildman–Crippen LogP) is 3.76. The van der Waals surface area contributed by atoms with Crippen molar-refractivity contribution in [2.45, 2.75) is 43.9 Å². The number of rotatable bonds is 4. The lowest BCUT2D eigenvalue weighted by molar-refractivity contribution is -0.136. The molecule has 0 amide bonds. The lowest BCUT2D eigenvalue weighted by atomic mass is 9.91. The molecule has 7 nitrogen and oxygen atoms in total. The molecular formula is C20H21F3N6O. The van der Waals surface area contributed by atoms with Crippen molar-refractivity contribution in [3.8, 4) is 0 Å². The number of halogens is 3. The van der Waals surface area contributed by atoms with Crippen LogP contribution in [0.5, 0.6) is 0 Å². The van der Waals surface area contributed by atoms with Crippen LogP contribution in [0, 0.1) is 0 Å². The van der Waals surface area contributed by atoms with Crippen molar-refractivity contribution in [3.63, 3.8) is 0 Å². The molecule has 0 saturated heterocycles. The molecular weight excluding hydrogens is 397 g/mol. The van der Waals surface area contributed by atoms with E-state index in [0.29, 0.717) is 5.52 Å². The van der Waals surface area contributed by atoms with Gasteiger partial charge in [-0.3, -0.25) is 4.79 Å². The molecule has 1 fully saturated rings. The van der Waals surface area contributed by atoms with E-state index in [-0.39, 0.29) is 34.9 Å². The molecule has 0 aliphatic heterocycles. The second-order valence-electron chi connectivity index (χ2n) is 7.33. The number of nitrogens with two attached hydrogens (primary N) is 1. The predicted molar refractivity (Wildman–Crippen MR) is 109 cm³/mol. The molecule has 2 heterocycles. The number of hydrogen-bond acceptors (Lipinski definition) is 6. The van der Waals surface area contributed by atoms with Gasteiger partial charge in [-0.2, -0.15) is 18.2 Å². The van der Waals surface area contributed by atoms with Gasteiger partial charge in [-0.15, -0.1) is 0 Å². The fourth-order valence-corrected chi connectivity index (χ4v) is 3.72. The van der Waals surface area contributed by atoms with Gasteiger partial charge in [0.25, 0.3) is 5.56 Å². The van der Waals surface area contributed by atoms with Gasteiger partial charge in [-0.1, -0.05) is 25.0 Å². The van der Waals surface area contributed by atoms with Crippen LogP contribution in [0.1, 0.15) is 31.2 Å². The standard InChI is InChI=1S/C20H21F3N6O/c21-20(22,23)11-5-1-3-7-13(11)26-17-16-15(9-10-25-18(16)30)28-19(29-17)27-14-8-4-2-6-12(14)24/h1,3,5,7,9-10,12,14H,2,4,6,8,24H2,(H,25,30)(H2,26,27,28,29). The van der Waals surface area contributed by atoms with Gasteiger partial charge in [-0.25, -0.2) is 4.98 Å². The Bertz CT molecular complexity index is 1110. The summed E-state index contributed by atoms with van der Waals surface area (Å²) in [5.41, 5.74) is 4.94. The Kier molecular flexibility index (Phi) is 5.33. The Balaban J connectivity index is 1.78. The first-order valence-electron chi connectivity index (χ1n) is 9.68. The maximum absolute atomic E-state index is 13.4. The van der Waals surface area contributed by atoms with E-state index in [0.717, 1.165) is 31.7 Å². The summed E-state index contributed by atoms with van der Waals surface area (Å²) in [4.78, 5) is 23.6. The third-order valence-corrected chi connectivity index (χ3v) is 5.24. The molecule has 2 atom stereocenters. The quantitative estimate of drug-likeness (QED) is 0.514. The summed E-state index contributed by atoms with van der Waals surface area (Å²) in [5.74, 6) is 0.202. The molecule has 3 aromatic rings. The SMILES string of the molecule is NC1CCCCC1Nc1nc(Nc2ccccc2C(F)(F)F)c2c(=O)[nH]ccc2n1. The normalized spacial score (nSPS) is 19.6. The molecule has 1 saturated carbocycles. The summed E-state index contributed by atoms with van der Waals surface area (Å²) >= 11 is 0. The van der Waals surface area contributed by atoms with Gasteiger partial charge in [0, 0.05) is 18.3 Å². The van der Waals surface area contributed by atoms with E-state index in [2.05, 4.69) is 25.6 Å². The smallest absolute Gasteiger partial charge is 0.350 e. The molecule has 0 bridgehead atoms. The molecule has 4 rings (SSSR count). The van der Waals surface area contributed by atoms with Crippen LogP contribution in [0.2, 0.25) is 0 Å². The third-order valence-electron chi connectivity index (χ3n) is 5.24. The van der Waals surface area contributed by atoms with Gasteiger partial charge >= 0.3 is 6.18 Å². The van der Waals surface area contributed by atoms with Gasteiger partial charge in [0.1, 0.15) is 11.2 Å². The number of fused-ring (bicyclic) bond motifs is 1. The summed E-state index contributed by atoms with van der Waals surface area (Å²) in [6.07, 6.45) is 0.652. The van der Waals surface area contributed by atoms with Crippen LogP contribution in [0.4, 0.5) is 30.6 Å². The van der Waals surface area contributed by atoms with Gasteiger partial charge < -0.3 is 21.4 Å². The average Bonchev–Trinajstić information content (AvgIpc) is 2.69. The molecule has 5 N–H and O–H groups in total. The van der Waals surface area contributed by atoms with Gasteiger partial charge in [0.15, 0.2) is 0 Å². The van der Waals surface area contributed by atoms with Crippen LogP contribution in [-0.2, 0) is 6.18 Å². The fourth-order valence-electron chi connectivity index (χ4n) is 3.72. The van der Waals surface area contributed by atoms with E-state index in [1.165, 1.54) is 24.4 Å². The Labute approximate surface area is 169 Å². The molecule has 1 aliphatic carbocycles. The van der Waals surface area contributed by atoms with Crippen molar-refractivity contribution in [2.24, 2.45) is 5.73 Å². The number of anilines is 3. The number of nitrogens with zero attached hydrogens (tertiary/aromatic N) is 2. The lowest BCUT2D eigenvalue weighted by Crippen LogP contribution is -2.43. The minimum atomic E-state index is -4.56. The van der Waals surface area contributed by atoms with Gasteiger partial charge in [0.05, 0.1) is 16.8 Å². The maximum Gasteiger partial charge on any atom is 0.418 e. The molecule has 158 valence electrons. The molecule has 1 aromatic carbocycles. The van der Waals surface area contributed by atoms with Gasteiger partial charge in [0.2, 0.25) is 5.95 Å². The molecule has 1 aliphatic rings. The summed E-state index contributed by atoms with van der Waals surface area (Å²) in [7, 11) is 0. The first-order valence-corrected chi connectivity index (χ1v) is 9.68. The van der Waals surface area contributed by atoms with E-state index in [1.807, 2.05) is 0 Å². The van der Waals surface area contributed by atoms with Crippen LogP contribution < -0.4 is 21.9 Å². The second kappa shape index (κ2) is 7.94. The number of nitrogens with one attached hydrogen (secondary N) is 3. The molecule has 2 aromatic heterocycles. The van der Waals surface area contributed by atoms with Crippen molar-refractivity contribution in [2.75, 3.05) is 10.6 Å². The highest BCUT2D eigenvalue weighted by atomic mass is 19.4. The highest BCUT2D eigenvalue weighted by Gasteiger charge is 2.33. The Hall–Kier alpha value is -3.14. The van der Waals surface area contributed by atoms with Crippen molar-refractivity contribution in [1.29, 1.82) is 0 Å². The largest absolute Gasteiger partial charge is 0.418 e. The highest BCUT2D eigenvalue weighted by molar-refractivity contribution is 5.91. The molecule has 2 unspecified atom stereocenters. The zero-order valence-electron chi connectivity index (χ0n) is 16.0. The second-order valence-corrected chi connectivity index (χ2v) is 7.33. The number of para-hydroxylation sites is 1. The first kappa shape index (κ1) is 20.1. The Morgan fingerprint density at radius 2 is 1.87 bits per heavy atom. The lowest BCUT2D eigenvalue weighted by Gasteiger charge is -2.29. The number of aromatic amines is 1. The van der Waals surface area contributed by atoms with E-state index < -0.39 is 17.3 Å². The van der Waals surface area contributed by atoms with Crippen molar-refractivity contribution in [1.82, 2.24) is 15.0 Å². The van der Waals surface area contributed by atoms with Crippen LogP contribution >= 0.6 is 0 Å². The monoisotopic (exact) mass is 418 g/mol. The topological polar surface area (TPSA) is 109 Å². The van der Waals surface area contributed by atoms with E-state index in [4.69, 9.17) is 5.73 Å². The number of benzene rings is 1. The highest BCUT2D eigenvalue weighted by Crippen LogP contribution is 2.36. The van der Waals surface area contributed by atoms with Crippen molar-refractivity contribution >= 4 is 28.4 Å². The van der Waals surface area contributed by atoms with Crippen molar-refractivity contribution in [3.05, 3.63) is 52.4 Å². The minimum Gasteiger partial charge on any atom is -0.350 e. The van der Waals surface area contributed by atoms with Crippen LogP contribution in [0.15, 0.2) is 41.3 Å². The molecule has 10 heteroatoms. The summed E-state index contributed by atoms with van der Waals surface area (Å²) in [6, 6.07) is 6.49. The zero-order chi connectivity index (χ0) is 21.3.